The number of halogens is 1. The van der Waals surface area contributed by atoms with E-state index in [2.05, 4.69) is 20.6 Å². The van der Waals surface area contributed by atoms with Crippen molar-refractivity contribution < 1.29 is 18.7 Å². The predicted octanol–water partition coefficient (Wildman–Crippen LogP) is 4.97. The van der Waals surface area contributed by atoms with Crippen molar-refractivity contribution in [1.82, 2.24) is 15.3 Å². The Hall–Kier alpha value is -4.46. The van der Waals surface area contributed by atoms with E-state index in [1.165, 1.54) is 12.1 Å². The third kappa shape index (κ3) is 5.47. The molecule has 0 aliphatic rings. The highest BCUT2D eigenvalue weighted by Crippen LogP contribution is 2.24. The summed E-state index contributed by atoms with van der Waals surface area (Å²) in [6, 6.07) is 18.6. The Morgan fingerprint density at radius 2 is 1.68 bits per heavy atom. The molecule has 0 aliphatic heterocycles. The second-order valence-electron chi connectivity index (χ2n) is 7.37. The van der Waals surface area contributed by atoms with Crippen molar-refractivity contribution >= 4 is 17.5 Å². The highest BCUT2D eigenvalue weighted by molar-refractivity contribution is 5.94. The molecule has 0 bridgehead atoms. The van der Waals surface area contributed by atoms with E-state index in [0.717, 1.165) is 11.3 Å². The van der Waals surface area contributed by atoms with Gasteiger partial charge in [-0.15, -0.1) is 0 Å². The van der Waals surface area contributed by atoms with Crippen molar-refractivity contribution in [1.29, 1.82) is 0 Å². The van der Waals surface area contributed by atoms with Crippen molar-refractivity contribution in [3.63, 3.8) is 0 Å². The van der Waals surface area contributed by atoms with Crippen molar-refractivity contribution in [2.45, 2.75) is 6.54 Å². The van der Waals surface area contributed by atoms with Crippen LogP contribution in [-0.4, -0.2) is 30.1 Å². The molecule has 0 fully saturated rings. The van der Waals surface area contributed by atoms with E-state index in [0.29, 0.717) is 40.7 Å². The van der Waals surface area contributed by atoms with Gasteiger partial charge in [-0.25, -0.2) is 14.4 Å². The molecule has 0 radical (unpaired) electrons. The lowest BCUT2D eigenvalue weighted by Crippen LogP contribution is -2.23. The first-order chi connectivity index (χ1) is 16.6. The van der Waals surface area contributed by atoms with Gasteiger partial charge < -0.3 is 20.1 Å². The minimum Gasteiger partial charge on any atom is -0.497 e. The van der Waals surface area contributed by atoms with Gasteiger partial charge in [0.25, 0.3) is 5.91 Å². The van der Waals surface area contributed by atoms with Crippen LogP contribution < -0.4 is 20.1 Å². The zero-order valence-electron chi connectivity index (χ0n) is 18.7. The zero-order valence-corrected chi connectivity index (χ0v) is 18.7. The second kappa shape index (κ2) is 10.4. The van der Waals surface area contributed by atoms with Crippen LogP contribution in [-0.2, 0) is 6.54 Å². The lowest BCUT2D eigenvalue weighted by molar-refractivity contribution is 0.0950. The molecule has 7 nitrogen and oxygen atoms in total. The highest BCUT2D eigenvalue weighted by Gasteiger charge is 2.10. The SMILES string of the molecule is COc1ccc(OC)c(CNC(=O)c2ccc(Nc3ncc(-c4cccc(F)c4)cn3)cc2)c1. The summed E-state index contributed by atoms with van der Waals surface area (Å²) in [7, 11) is 3.17. The number of carbonyl (C=O) groups is 1. The van der Waals surface area contributed by atoms with Crippen molar-refractivity contribution in [3.8, 4) is 22.6 Å². The van der Waals surface area contributed by atoms with Crippen LogP contribution in [0.1, 0.15) is 15.9 Å². The Bertz CT molecular complexity index is 1280. The van der Waals surface area contributed by atoms with Crippen molar-refractivity contribution in [3.05, 3.63) is 96.1 Å². The van der Waals surface area contributed by atoms with Crippen LogP contribution >= 0.6 is 0 Å². The summed E-state index contributed by atoms with van der Waals surface area (Å²) in [4.78, 5) is 21.2. The fourth-order valence-corrected chi connectivity index (χ4v) is 3.34. The molecule has 34 heavy (non-hydrogen) atoms. The van der Waals surface area contributed by atoms with Crippen LogP contribution in [0, 0.1) is 5.82 Å². The Balaban J connectivity index is 1.37. The van der Waals surface area contributed by atoms with E-state index in [9.17, 15) is 9.18 Å². The maximum Gasteiger partial charge on any atom is 0.251 e. The number of benzene rings is 3. The number of hydrogen-bond donors (Lipinski definition) is 2. The lowest BCUT2D eigenvalue weighted by Gasteiger charge is -2.12. The van der Waals surface area contributed by atoms with E-state index < -0.39 is 0 Å². The topological polar surface area (TPSA) is 85.4 Å². The number of anilines is 2. The maximum atomic E-state index is 13.4. The molecule has 0 atom stereocenters. The van der Waals surface area contributed by atoms with Crippen LogP contribution in [0.5, 0.6) is 11.5 Å². The summed E-state index contributed by atoms with van der Waals surface area (Å²) in [5.74, 6) is 1.22. The molecule has 2 N–H and O–H groups in total. The highest BCUT2D eigenvalue weighted by atomic mass is 19.1. The van der Waals surface area contributed by atoms with Gasteiger partial charge in [0.15, 0.2) is 0 Å². The summed E-state index contributed by atoms with van der Waals surface area (Å²) < 4.78 is 24.0. The van der Waals surface area contributed by atoms with Gasteiger partial charge in [-0.1, -0.05) is 12.1 Å². The fraction of sp³-hybridized carbons (Fsp3) is 0.115. The average Bonchev–Trinajstić information content (AvgIpc) is 2.88. The van der Waals surface area contributed by atoms with E-state index in [4.69, 9.17) is 9.47 Å². The number of hydrogen-bond acceptors (Lipinski definition) is 6. The Kier molecular flexibility index (Phi) is 6.98. The first-order valence-corrected chi connectivity index (χ1v) is 10.5. The Morgan fingerprint density at radius 1 is 0.912 bits per heavy atom. The van der Waals surface area contributed by atoms with Crippen molar-refractivity contribution in [2.24, 2.45) is 0 Å². The zero-order chi connectivity index (χ0) is 23.9. The van der Waals surface area contributed by atoms with Gasteiger partial charge in [0.2, 0.25) is 5.95 Å². The van der Waals surface area contributed by atoms with Crippen LogP contribution in [0.2, 0.25) is 0 Å². The van der Waals surface area contributed by atoms with Crippen molar-refractivity contribution in [2.75, 3.05) is 19.5 Å². The number of methoxy groups -OCH3 is 2. The van der Waals surface area contributed by atoms with E-state index in [1.807, 2.05) is 6.07 Å². The van der Waals surface area contributed by atoms with Gasteiger partial charge in [0, 0.05) is 41.3 Å². The van der Waals surface area contributed by atoms with Crippen LogP contribution in [0.15, 0.2) is 79.1 Å². The number of aromatic nitrogens is 2. The quantitative estimate of drug-likeness (QED) is 0.388. The molecule has 8 heteroatoms. The second-order valence-corrected chi connectivity index (χ2v) is 7.37. The average molecular weight is 458 g/mol. The van der Waals surface area contributed by atoms with Crippen LogP contribution in [0.25, 0.3) is 11.1 Å². The van der Waals surface area contributed by atoms with Gasteiger partial charge in [0.1, 0.15) is 17.3 Å². The molecule has 0 saturated heterocycles. The molecule has 0 saturated carbocycles. The molecule has 1 heterocycles. The van der Waals surface area contributed by atoms with Crippen LogP contribution in [0.3, 0.4) is 0 Å². The fourth-order valence-electron chi connectivity index (χ4n) is 3.34. The number of nitrogens with zero attached hydrogens (tertiary/aromatic N) is 2. The van der Waals surface area contributed by atoms with Crippen LogP contribution in [0.4, 0.5) is 16.0 Å². The Labute approximate surface area is 196 Å². The summed E-state index contributed by atoms with van der Waals surface area (Å²) in [5.41, 5.74) is 3.46. The molecular formula is C26H23FN4O3. The minimum atomic E-state index is -0.313. The number of nitrogens with one attached hydrogen (secondary N) is 2. The van der Waals surface area contributed by atoms with Gasteiger partial charge in [0.05, 0.1) is 14.2 Å². The molecule has 0 unspecified atom stereocenters. The smallest absolute Gasteiger partial charge is 0.251 e. The summed E-state index contributed by atoms with van der Waals surface area (Å²) in [6.07, 6.45) is 3.25. The van der Waals surface area contributed by atoms with Gasteiger partial charge in [-0.2, -0.15) is 0 Å². The first-order valence-electron chi connectivity index (χ1n) is 10.5. The molecule has 172 valence electrons. The maximum absolute atomic E-state index is 13.4. The standard InChI is InChI=1S/C26H23FN4O3/c1-33-23-10-11-24(34-2)19(13-23)14-28-25(32)17-6-8-22(9-7-17)31-26-29-15-20(16-30-26)18-4-3-5-21(27)12-18/h3-13,15-16H,14H2,1-2H3,(H,28,32)(H,29,30,31). The van der Waals surface area contributed by atoms with Gasteiger partial charge in [-0.05, 0) is 60.2 Å². The molecule has 1 amide bonds. The molecule has 3 aromatic carbocycles. The molecule has 4 rings (SSSR count). The molecule has 0 spiro atoms. The minimum absolute atomic E-state index is 0.216. The largest absolute Gasteiger partial charge is 0.497 e. The molecular weight excluding hydrogens is 435 g/mol. The summed E-state index contributed by atoms with van der Waals surface area (Å²) >= 11 is 0. The number of amides is 1. The third-order valence-corrected chi connectivity index (χ3v) is 5.14. The number of carbonyl (C=O) groups excluding carboxylic acids is 1. The predicted molar refractivity (Wildman–Crippen MR) is 128 cm³/mol. The van der Waals surface area contributed by atoms with Gasteiger partial charge >= 0.3 is 0 Å². The summed E-state index contributed by atoms with van der Waals surface area (Å²) in [5, 5.41) is 5.98. The van der Waals surface area contributed by atoms with E-state index >= 15 is 0 Å². The van der Waals surface area contributed by atoms with Gasteiger partial charge in [-0.3, -0.25) is 4.79 Å². The van der Waals surface area contributed by atoms with E-state index in [1.54, 1.807) is 75.1 Å². The summed E-state index contributed by atoms with van der Waals surface area (Å²) in [6.45, 7) is 0.296. The Morgan fingerprint density at radius 3 is 2.35 bits per heavy atom. The van der Waals surface area contributed by atoms with E-state index in [-0.39, 0.29) is 11.7 Å². The molecule has 4 aromatic rings. The normalized spacial score (nSPS) is 10.4. The third-order valence-electron chi connectivity index (χ3n) is 5.14. The number of ether oxygens (including phenoxy) is 2. The number of rotatable bonds is 8. The molecule has 1 aromatic heterocycles. The monoisotopic (exact) mass is 458 g/mol. The molecule has 0 aliphatic carbocycles. The lowest BCUT2D eigenvalue weighted by atomic mass is 10.1. The first kappa shape index (κ1) is 22.7.